The highest BCUT2D eigenvalue weighted by atomic mass is 16.5. The Balaban J connectivity index is 2.34. The molecule has 2 nitrogen and oxygen atoms in total. The molecule has 0 amide bonds. The molecule has 3 atom stereocenters. The van der Waals surface area contributed by atoms with E-state index >= 15 is 0 Å². The molecule has 0 aromatic rings. The maximum atomic E-state index is 6.01. The van der Waals surface area contributed by atoms with Crippen LogP contribution in [-0.2, 0) is 4.74 Å². The summed E-state index contributed by atoms with van der Waals surface area (Å²) >= 11 is 0. The standard InChI is InChI=1S/C16H33NO/c1-11(2)8-13(5)17-14-9-15(16(14,6)7)18-10-12(3)4/h11-15,17H,8-10H2,1-7H3. The Bertz CT molecular complexity index is 247. The van der Waals surface area contributed by atoms with Gasteiger partial charge in [0.15, 0.2) is 0 Å². The molecular weight excluding hydrogens is 222 g/mol. The highest BCUT2D eigenvalue weighted by Gasteiger charge is 2.49. The molecule has 0 heterocycles. The zero-order valence-corrected chi connectivity index (χ0v) is 13.4. The molecule has 1 aliphatic carbocycles. The van der Waals surface area contributed by atoms with Gasteiger partial charge >= 0.3 is 0 Å². The molecule has 0 spiro atoms. The van der Waals surface area contributed by atoms with Crippen LogP contribution >= 0.6 is 0 Å². The number of hydrogen-bond donors (Lipinski definition) is 1. The van der Waals surface area contributed by atoms with Crippen molar-refractivity contribution < 1.29 is 4.74 Å². The van der Waals surface area contributed by atoms with Gasteiger partial charge in [0.25, 0.3) is 0 Å². The van der Waals surface area contributed by atoms with E-state index in [0.29, 0.717) is 24.1 Å². The van der Waals surface area contributed by atoms with Crippen molar-refractivity contribution in [1.29, 1.82) is 0 Å². The van der Waals surface area contributed by atoms with Gasteiger partial charge in [-0.05, 0) is 31.6 Å². The predicted molar refractivity (Wildman–Crippen MR) is 78.8 cm³/mol. The van der Waals surface area contributed by atoms with E-state index in [1.54, 1.807) is 0 Å². The summed E-state index contributed by atoms with van der Waals surface area (Å²) in [6.07, 6.45) is 2.86. The fraction of sp³-hybridized carbons (Fsp3) is 1.00. The van der Waals surface area contributed by atoms with E-state index in [1.165, 1.54) is 12.8 Å². The first-order valence-electron chi connectivity index (χ1n) is 7.61. The van der Waals surface area contributed by atoms with Crippen molar-refractivity contribution in [2.24, 2.45) is 17.3 Å². The Morgan fingerprint density at radius 1 is 1.11 bits per heavy atom. The number of nitrogens with one attached hydrogen (secondary N) is 1. The lowest BCUT2D eigenvalue weighted by molar-refractivity contribution is -0.125. The van der Waals surface area contributed by atoms with Crippen LogP contribution in [-0.4, -0.2) is 24.8 Å². The molecule has 1 rings (SSSR count). The van der Waals surface area contributed by atoms with E-state index in [-0.39, 0.29) is 5.41 Å². The molecule has 0 aromatic heterocycles. The van der Waals surface area contributed by atoms with Crippen molar-refractivity contribution in [1.82, 2.24) is 5.32 Å². The van der Waals surface area contributed by atoms with Crippen molar-refractivity contribution in [3.63, 3.8) is 0 Å². The van der Waals surface area contributed by atoms with Gasteiger partial charge in [-0.2, -0.15) is 0 Å². The molecule has 3 unspecified atom stereocenters. The van der Waals surface area contributed by atoms with Gasteiger partial charge < -0.3 is 10.1 Å². The average Bonchev–Trinajstić information content (AvgIpc) is 2.20. The largest absolute Gasteiger partial charge is 0.377 e. The van der Waals surface area contributed by atoms with Crippen LogP contribution in [0.2, 0.25) is 0 Å². The zero-order valence-electron chi connectivity index (χ0n) is 13.4. The van der Waals surface area contributed by atoms with Crippen LogP contribution < -0.4 is 5.32 Å². The number of rotatable bonds is 7. The van der Waals surface area contributed by atoms with Gasteiger partial charge in [0.1, 0.15) is 0 Å². The summed E-state index contributed by atoms with van der Waals surface area (Å²) < 4.78 is 6.01. The fourth-order valence-corrected chi connectivity index (χ4v) is 2.88. The molecule has 1 saturated carbocycles. The van der Waals surface area contributed by atoms with Crippen molar-refractivity contribution >= 4 is 0 Å². The van der Waals surface area contributed by atoms with E-state index in [9.17, 15) is 0 Å². The fourth-order valence-electron chi connectivity index (χ4n) is 2.88. The first kappa shape index (κ1) is 16.0. The lowest BCUT2D eigenvalue weighted by Crippen LogP contribution is -2.62. The second-order valence-electron chi connectivity index (χ2n) is 7.52. The number of hydrogen-bond acceptors (Lipinski definition) is 2. The summed E-state index contributed by atoms with van der Waals surface area (Å²) in [5, 5.41) is 3.78. The van der Waals surface area contributed by atoms with E-state index in [1.807, 2.05) is 0 Å². The Labute approximate surface area is 114 Å². The molecular formula is C16H33NO. The first-order chi connectivity index (χ1) is 8.23. The van der Waals surface area contributed by atoms with E-state index in [0.717, 1.165) is 12.5 Å². The monoisotopic (exact) mass is 255 g/mol. The lowest BCUT2D eigenvalue weighted by Gasteiger charge is -2.53. The summed E-state index contributed by atoms with van der Waals surface area (Å²) in [5.41, 5.74) is 0.278. The summed E-state index contributed by atoms with van der Waals surface area (Å²) in [6, 6.07) is 1.23. The molecule has 0 saturated heterocycles. The summed E-state index contributed by atoms with van der Waals surface area (Å²) in [5.74, 6) is 1.40. The SMILES string of the molecule is CC(C)COC1CC(NC(C)CC(C)C)C1(C)C. The summed E-state index contributed by atoms with van der Waals surface area (Å²) in [4.78, 5) is 0. The molecule has 1 N–H and O–H groups in total. The van der Waals surface area contributed by atoms with E-state index in [4.69, 9.17) is 4.74 Å². The molecule has 0 aliphatic heterocycles. The molecule has 1 fully saturated rings. The van der Waals surface area contributed by atoms with Crippen molar-refractivity contribution in [2.45, 2.75) is 79.5 Å². The highest BCUT2D eigenvalue weighted by molar-refractivity contribution is 5.03. The molecule has 108 valence electrons. The molecule has 18 heavy (non-hydrogen) atoms. The van der Waals surface area contributed by atoms with Gasteiger partial charge in [-0.25, -0.2) is 0 Å². The smallest absolute Gasteiger partial charge is 0.0656 e. The Morgan fingerprint density at radius 3 is 2.17 bits per heavy atom. The van der Waals surface area contributed by atoms with Crippen LogP contribution in [0.1, 0.15) is 61.3 Å². The minimum Gasteiger partial charge on any atom is -0.377 e. The zero-order chi connectivity index (χ0) is 13.9. The topological polar surface area (TPSA) is 21.3 Å². The van der Waals surface area contributed by atoms with Crippen LogP contribution in [0, 0.1) is 17.3 Å². The third-order valence-corrected chi connectivity index (χ3v) is 4.12. The van der Waals surface area contributed by atoms with Crippen molar-refractivity contribution in [3.05, 3.63) is 0 Å². The summed E-state index contributed by atoms with van der Waals surface area (Å²) in [7, 11) is 0. The third-order valence-electron chi connectivity index (χ3n) is 4.12. The molecule has 0 aromatic carbocycles. The molecule has 1 aliphatic rings. The predicted octanol–water partition coefficient (Wildman–Crippen LogP) is 3.85. The van der Waals surface area contributed by atoms with Gasteiger partial charge in [-0.15, -0.1) is 0 Å². The quantitative estimate of drug-likeness (QED) is 0.746. The van der Waals surface area contributed by atoms with Crippen molar-refractivity contribution in [2.75, 3.05) is 6.61 Å². The molecule has 0 bridgehead atoms. The first-order valence-corrected chi connectivity index (χ1v) is 7.61. The van der Waals surface area contributed by atoms with Crippen LogP contribution in [0.25, 0.3) is 0 Å². The van der Waals surface area contributed by atoms with Crippen LogP contribution in [0.15, 0.2) is 0 Å². The maximum Gasteiger partial charge on any atom is 0.0656 e. The Kier molecular flexibility index (Phi) is 5.67. The Hall–Kier alpha value is -0.0800. The molecule has 0 radical (unpaired) electrons. The minimum absolute atomic E-state index is 0.278. The van der Waals surface area contributed by atoms with Gasteiger partial charge in [0.05, 0.1) is 6.10 Å². The van der Waals surface area contributed by atoms with Gasteiger partial charge in [-0.3, -0.25) is 0 Å². The van der Waals surface area contributed by atoms with Gasteiger partial charge in [-0.1, -0.05) is 41.5 Å². The van der Waals surface area contributed by atoms with Gasteiger partial charge in [0.2, 0.25) is 0 Å². The molecule has 2 heteroatoms. The number of ether oxygens (including phenoxy) is 1. The normalized spacial score (nSPS) is 28.5. The van der Waals surface area contributed by atoms with Crippen molar-refractivity contribution in [3.8, 4) is 0 Å². The lowest BCUT2D eigenvalue weighted by atomic mass is 9.64. The summed E-state index contributed by atoms with van der Waals surface area (Å²) in [6.45, 7) is 16.9. The second-order valence-corrected chi connectivity index (χ2v) is 7.52. The average molecular weight is 255 g/mol. The third kappa shape index (κ3) is 4.24. The van der Waals surface area contributed by atoms with Gasteiger partial charge in [0, 0.05) is 24.1 Å². The second kappa shape index (κ2) is 6.38. The van der Waals surface area contributed by atoms with E-state index in [2.05, 4.69) is 53.8 Å². The minimum atomic E-state index is 0.278. The highest BCUT2D eigenvalue weighted by Crippen LogP contribution is 2.43. The van der Waals surface area contributed by atoms with Crippen LogP contribution in [0.4, 0.5) is 0 Å². The van der Waals surface area contributed by atoms with Crippen LogP contribution in [0.5, 0.6) is 0 Å². The maximum absolute atomic E-state index is 6.01. The Morgan fingerprint density at radius 2 is 1.72 bits per heavy atom. The van der Waals surface area contributed by atoms with E-state index < -0.39 is 0 Å². The van der Waals surface area contributed by atoms with Crippen LogP contribution in [0.3, 0.4) is 0 Å².